The number of thiazole rings is 1. The summed E-state index contributed by atoms with van der Waals surface area (Å²) in [5, 5.41) is 8.46. The second kappa shape index (κ2) is 10.9. The number of nitrogens with zero attached hydrogens (tertiary/aromatic N) is 3. The lowest BCUT2D eigenvalue weighted by atomic mass is 10.1. The van der Waals surface area contributed by atoms with Crippen molar-refractivity contribution in [3.8, 4) is 0 Å². The van der Waals surface area contributed by atoms with Crippen LogP contribution >= 0.6 is 11.3 Å². The maximum atomic E-state index is 13.4. The minimum atomic E-state index is -0.500. The number of nitrogens with two attached hydrogens (primary N) is 1. The number of rotatable bonds is 9. The van der Waals surface area contributed by atoms with Crippen LogP contribution in [0.25, 0.3) is 10.2 Å². The van der Waals surface area contributed by atoms with E-state index in [1.54, 1.807) is 54.8 Å². The van der Waals surface area contributed by atoms with E-state index in [4.69, 9.17) is 20.9 Å². The molecule has 9 heteroatoms. The topological polar surface area (TPSA) is 122 Å². The van der Waals surface area contributed by atoms with Crippen molar-refractivity contribution in [3.63, 3.8) is 0 Å². The number of ether oxygens (including phenoxy) is 1. The maximum absolute atomic E-state index is 13.4. The highest BCUT2D eigenvalue weighted by molar-refractivity contribution is 7.18. The van der Waals surface area contributed by atoms with Crippen molar-refractivity contribution in [2.45, 2.75) is 19.8 Å². The number of esters is 1. The fraction of sp³-hybridized carbons (Fsp3) is 0.192. The smallest absolute Gasteiger partial charge is 0.326 e. The van der Waals surface area contributed by atoms with Crippen molar-refractivity contribution in [3.05, 3.63) is 88.6 Å². The third-order valence-corrected chi connectivity index (χ3v) is 6.43. The predicted molar refractivity (Wildman–Crippen MR) is 137 cm³/mol. The molecular formula is C26H25N5O3S. The van der Waals surface area contributed by atoms with Gasteiger partial charge in [0.1, 0.15) is 18.2 Å². The molecule has 2 aromatic carbocycles. The van der Waals surface area contributed by atoms with Gasteiger partial charge in [0, 0.05) is 23.7 Å². The highest BCUT2D eigenvalue weighted by Gasteiger charge is 2.23. The van der Waals surface area contributed by atoms with Crippen LogP contribution in [0.4, 0.5) is 5.82 Å². The van der Waals surface area contributed by atoms with Crippen LogP contribution in [-0.2, 0) is 22.4 Å². The fourth-order valence-corrected chi connectivity index (χ4v) is 4.53. The molecule has 0 radical (unpaired) electrons. The van der Waals surface area contributed by atoms with Crippen molar-refractivity contribution in [1.29, 1.82) is 5.41 Å². The van der Waals surface area contributed by atoms with E-state index >= 15 is 0 Å². The number of hydrogen-bond donors (Lipinski definition) is 2. The Morgan fingerprint density at radius 3 is 2.51 bits per heavy atom. The van der Waals surface area contributed by atoms with Crippen LogP contribution in [0.2, 0.25) is 0 Å². The summed E-state index contributed by atoms with van der Waals surface area (Å²) in [5.74, 6) is -0.420. The van der Waals surface area contributed by atoms with Gasteiger partial charge in [-0.2, -0.15) is 0 Å². The molecule has 3 N–H and O–H groups in total. The normalized spacial score (nSPS) is 10.8. The number of aryl methyl sites for hydroxylation is 2. The van der Waals surface area contributed by atoms with Gasteiger partial charge in [0.05, 0.1) is 21.8 Å². The van der Waals surface area contributed by atoms with Crippen LogP contribution in [0.1, 0.15) is 33.4 Å². The predicted octanol–water partition coefficient (Wildman–Crippen LogP) is 3.97. The fourth-order valence-electron chi connectivity index (χ4n) is 3.58. The van der Waals surface area contributed by atoms with E-state index in [-0.39, 0.29) is 24.9 Å². The van der Waals surface area contributed by atoms with E-state index in [2.05, 4.69) is 4.98 Å². The maximum Gasteiger partial charge on any atom is 0.326 e. The lowest BCUT2D eigenvalue weighted by molar-refractivity contribution is -0.141. The number of carbonyl (C=O) groups is 2. The summed E-state index contributed by atoms with van der Waals surface area (Å²) in [5.41, 5.74) is 8.51. The lowest BCUT2D eigenvalue weighted by Gasteiger charge is -2.20. The average Bonchev–Trinajstić information content (AvgIpc) is 3.29. The second-order valence-corrected chi connectivity index (χ2v) is 8.90. The zero-order valence-corrected chi connectivity index (χ0v) is 20.0. The lowest BCUT2D eigenvalue weighted by Crippen LogP contribution is -2.37. The van der Waals surface area contributed by atoms with Gasteiger partial charge in [0.2, 0.25) is 0 Å². The SMILES string of the molecule is CCOC(=O)CN(C(=O)c1ccc2sc(CCc3ccc(C(=N)N)cc3)nc2c1)c1ccccn1. The molecule has 2 heterocycles. The van der Waals surface area contributed by atoms with E-state index in [0.717, 1.165) is 33.6 Å². The summed E-state index contributed by atoms with van der Waals surface area (Å²) in [6.45, 7) is 1.73. The van der Waals surface area contributed by atoms with Crippen LogP contribution in [0.15, 0.2) is 66.9 Å². The molecule has 1 amide bonds. The van der Waals surface area contributed by atoms with Crippen LogP contribution in [0.3, 0.4) is 0 Å². The molecule has 0 bridgehead atoms. The molecule has 0 saturated heterocycles. The number of amides is 1. The molecule has 0 saturated carbocycles. The van der Waals surface area contributed by atoms with Gasteiger partial charge < -0.3 is 10.5 Å². The standard InChI is InChI=1S/C26H25N5O3S/c1-2-34-24(32)16-31(22-5-3-4-14-29-22)26(33)19-11-12-21-20(15-19)30-23(35-21)13-8-17-6-9-18(10-7-17)25(27)28/h3-7,9-12,14-15H,2,8,13,16H2,1H3,(H3,27,28). The molecular weight excluding hydrogens is 462 g/mol. The van der Waals surface area contributed by atoms with E-state index in [1.807, 2.05) is 30.3 Å². The number of fused-ring (bicyclic) bond motifs is 1. The Morgan fingerprint density at radius 2 is 1.83 bits per heavy atom. The van der Waals surface area contributed by atoms with E-state index < -0.39 is 5.97 Å². The Labute approximate surface area is 206 Å². The number of pyridine rings is 1. The Balaban J connectivity index is 1.52. The first-order valence-electron chi connectivity index (χ1n) is 11.2. The summed E-state index contributed by atoms with van der Waals surface area (Å²) in [6, 6.07) is 18.2. The summed E-state index contributed by atoms with van der Waals surface area (Å²) in [7, 11) is 0. The number of nitrogen functional groups attached to an aromatic ring is 1. The molecule has 0 atom stereocenters. The molecule has 8 nitrogen and oxygen atoms in total. The van der Waals surface area contributed by atoms with Crippen molar-refractivity contribution in [2.24, 2.45) is 5.73 Å². The van der Waals surface area contributed by atoms with Gasteiger partial charge in [0.25, 0.3) is 5.91 Å². The average molecular weight is 488 g/mol. The first-order chi connectivity index (χ1) is 16.9. The largest absolute Gasteiger partial charge is 0.465 e. The van der Waals surface area contributed by atoms with Crippen molar-refractivity contribution >= 4 is 45.1 Å². The first-order valence-corrected chi connectivity index (χ1v) is 12.0. The van der Waals surface area contributed by atoms with Crippen molar-refractivity contribution < 1.29 is 14.3 Å². The third kappa shape index (κ3) is 5.88. The van der Waals surface area contributed by atoms with Crippen molar-refractivity contribution in [1.82, 2.24) is 9.97 Å². The molecule has 0 aliphatic heterocycles. The van der Waals surface area contributed by atoms with Gasteiger partial charge in [0.15, 0.2) is 0 Å². The number of benzene rings is 2. The Kier molecular flexibility index (Phi) is 7.47. The van der Waals surface area contributed by atoms with Crippen LogP contribution in [-0.4, -0.2) is 40.8 Å². The van der Waals surface area contributed by atoms with E-state index in [1.165, 1.54) is 4.90 Å². The summed E-state index contributed by atoms with van der Waals surface area (Å²) < 4.78 is 6.03. The molecule has 0 fully saturated rings. The molecule has 2 aromatic heterocycles. The number of nitrogens with one attached hydrogen (secondary N) is 1. The highest BCUT2D eigenvalue weighted by atomic mass is 32.1. The van der Waals surface area contributed by atoms with Gasteiger partial charge in [-0.1, -0.05) is 30.3 Å². The molecule has 0 aliphatic rings. The highest BCUT2D eigenvalue weighted by Crippen LogP contribution is 2.25. The van der Waals surface area contributed by atoms with Gasteiger partial charge in [-0.15, -0.1) is 11.3 Å². The Hall–Kier alpha value is -4.11. The van der Waals surface area contributed by atoms with Gasteiger partial charge >= 0.3 is 5.97 Å². The first kappa shape index (κ1) is 24.0. The summed E-state index contributed by atoms with van der Waals surface area (Å²) in [4.78, 5) is 35.8. The monoisotopic (exact) mass is 487 g/mol. The number of anilines is 1. The molecule has 178 valence electrons. The number of amidine groups is 1. The number of aromatic nitrogens is 2. The molecule has 0 aliphatic carbocycles. The summed E-state index contributed by atoms with van der Waals surface area (Å²) >= 11 is 1.59. The quantitative estimate of drug-likeness (QED) is 0.209. The van der Waals surface area contributed by atoms with E-state index in [0.29, 0.717) is 16.9 Å². The molecule has 0 unspecified atom stereocenters. The Bertz CT molecular complexity index is 1350. The molecule has 4 rings (SSSR count). The number of hydrogen-bond acceptors (Lipinski definition) is 7. The molecule has 35 heavy (non-hydrogen) atoms. The minimum absolute atomic E-state index is 0.0527. The summed E-state index contributed by atoms with van der Waals surface area (Å²) in [6.07, 6.45) is 3.13. The molecule has 0 spiro atoms. The van der Waals surface area contributed by atoms with Gasteiger partial charge in [-0.05, 0) is 49.2 Å². The third-order valence-electron chi connectivity index (χ3n) is 5.33. The minimum Gasteiger partial charge on any atom is -0.465 e. The second-order valence-electron chi connectivity index (χ2n) is 7.78. The van der Waals surface area contributed by atoms with E-state index in [9.17, 15) is 9.59 Å². The van der Waals surface area contributed by atoms with Crippen LogP contribution < -0.4 is 10.6 Å². The van der Waals surface area contributed by atoms with Crippen LogP contribution in [0.5, 0.6) is 0 Å². The van der Waals surface area contributed by atoms with Crippen molar-refractivity contribution in [2.75, 3.05) is 18.1 Å². The zero-order chi connectivity index (χ0) is 24.8. The molecule has 4 aromatic rings. The van der Waals surface area contributed by atoms with Gasteiger partial charge in [-0.25, -0.2) is 9.97 Å². The Morgan fingerprint density at radius 1 is 1.06 bits per heavy atom. The number of carbonyl (C=O) groups excluding carboxylic acids is 2. The van der Waals surface area contributed by atoms with Gasteiger partial charge in [-0.3, -0.25) is 19.9 Å². The van der Waals surface area contributed by atoms with Crippen LogP contribution in [0, 0.1) is 5.41 Å². The zero-order valence-electron chi connectivity index (χ0n) is 19.2.